The van der Waals surface area contributed by atoms with E-state index >= 15 is 0 Å². The van der Waals surface area contributed by atoms with E-state index in [0.29, 0.717) is 19.3 Å². The normalized spacial score (nSPS) is 20.8. The molecule has 20 heavy (non-hydrogen) atoms. The molecule has 0 saturated carbocycles. The molecule has 5 heteroatoms. The van der Waals surface area contributed by atoms with Gasteiger partial charge in [0.1, 0.15) is 11.4 Å². The molecular formula is C15H15NO4. The highest BCUT2D eigenvalue weighted by Gasteiger charge is 2.47. The van der Waals surface area contributed by atoms with Crippen LogP contribution < -0.4 is 4.74 Å². The van der Waals surface area contributed by atoms with Crippen LogP contribution in [0.2, 0.25) is 0 Å². The number of rotatable bonds is 4. The molecule has 0 radical (unpaired) electrons. The van der Waals surface area contributed by atoms with Crippen molar-refractivity contribution >= 4 is 11.9 Å². The molecule has 5 nitrogen and oxygen atoms in total. The van der Waals surface area contributed by atoms with E-state index in [4.69, 9.17) is 4.74 Å². The highest BCUT2D eigenvalue weighted by molar-refractivity contribution is 5.98. The molecule has 0 bridgehead atoms. The number of amides is 1. The van der Waals surface area contributed by atoms with Crippen molar-refractivity contribution in [3.8, 4) is 5.75 Å². The van der Waals surface area contributed by atoms with Crippen molar-refractivity contribution in [1.82, 2.24) is 4.90 Å². The molecule has 3 rings (SSSR count). The molecule has 0 unspecified atom stereocenters. The van der Waals surface area contributed by atoms with E-state index in [9.17, 15) is 14.7 Å². The van der Waals surface area contributed by atoms with Gasteiger partial charge in [0.05, 0.1) is 7.11 Å². The van der Waals surface area contributed by atoms with Gasteiger partial charge in [0.15, 0.2) is 0 Å². The zero-order valence-electron chi connectivity index (χ0n) is 11.1. The van der Waals surface area contributed by atoms with E-state index in [1.807, 2.05) is 24.3 Å². The van der Waals surface area contributed by atoms with Crippen LogP contribution in [0, 0.1) is 0 Å². The molecule has 1 amide bonds. The van der Waals surface area contributed by atoms with Gasteiger partial charge in [0, 0.05) is 12.5 Å². The number of methoxy groups -OCH3 is 1. The molecule has 0 spiro atoms. The van der Waals surface area contributed by atoms with E-state index in [2.05, 4.69) is 0 Å². The minimum atomic E-state index is -1.01. The number of carboxylic acid groups (broad SMARTS) is 1. The SMILES string of the molecule is COc1ccc(CC2=C(C(=O)O)N3C(=O)C[C@H]3C2)cc1. The second-order valence-electron chi connectivity index (χ2n) is 5.11. The van der Waals surface area contributed by atoms with Gasteiger partial charge in [-0.25, -0.2) is 4.79 Å². The second-order valence-corrected chi connectivity index (χ2v) is 5.11. The Kier molecular flexibility index (Phi) is 2.97. The smallest absolute Gasteiger partial charge is 0.352 e. The van der Waals surface area contributed by atoms with Gasteiger partial charge in [0.2, 0.25) is 5.91 Å². The van der Waals surface area contributed by atoms with Crippen LogP contribution in [0.4, 0.5) is 0 Å². The predicted molar refractivity (Wildman–Crippen MR) is 71.2 cm³/mol. The van der Waals surface area contributed by atoms with Gasteiger partial charge < -0.3 is 14.7 Å². The molecular weight excluding hydrogens is 258 g/mol. The maximum absolute atomic E-state index is 11.5. The molecule has 2 aliphatic rings. The van der Waals surface area contributed by atoms with Crippen molar-refractivity contribution in [3.63, 3.8) is 0 Å². The fraction of sp³-hybridized carbons (Fsp3) is 0.333. The van der Waals surface area contributed by atoms with Gasteiger partial charge in [-0.3, -0.25) is 4.79 Å². The lowest BCUT2D eigenvalue weighted by atomic mass is 9.97. The van der Waals surface area contributed by atoms with Crippen LogP contribution in [-0.4, -0.2) is 35.0 Å². The maximum atomic E-state index is 11.5. The fourth-order valence-corrected chi connectivity index (χ4v) is 2.90. The van der Waals surface area contributed by atoms with Crippen LogP contribution in [-0.2, 0) is 16.0 Å². The first-order chi connectivity index (χ1) is 9.60. The zero-order valence-corrected chi connectivity index (χ0v) is 11.1. The topological polar surface area (TPSA) is 66.8 Å². The van der Waals surface area contributed by atoms with Crippen molar-refractivity contribution in [1.29, 1.82) is 0 Å². The average Bonchev–Trinajstić information content (AvgIpc) is 2.72. The van der Waals surface area contributed by atoms with Gasteiger partial charge >= 0.3 is 5.97 Å². The summed E-state index contributed by atoms with van der Waals surface area (Å²) < 4.78 is 5.10. The van der Waals surface area contributed by atoms with Crippen LogP contribution in [0.3, 0.4) is 0 Å². The number of hydrogen-bond donors (Lipinski definition) is 1. The number of carbonyl (C=O) groups excluding carboxylic acids is 1. The molecule has 1 fully saturated rings. The summed E-state index contributed by atoms with van der Waals surface area (Å²) in [7, 11) is 1.60. The largest absolute Gasteiger partial charge is 0.497 e. The molecule has 2 heterocycles. The summed E-state index contributed by atoms with van der Waals surface area (Å²) in [6.45, 7) is 0. The van der Waals surface area contributed by atoms with Crippen LogP contribution in [0.15, 0.2) is 35.5 Å². The third-order valence-corrected chi connectivity index (χ3v) is 3.88. The Bertz CT molecular complexity index is 603. The predicted octanol–water partition coefficient (Wildman–Crippen LogP) is 1.58. The quantitative estimate of drug-likeness (QED) is 0.846. The van der Waals surface area contributed by atoms with Crippen LogP contribution >= 0.6 is 0 Å². The number of benzene rings is 1. The Morgan fingerprint density at radius 3 is 2.60 bits per heavy atom. The molecule has 1 N–H and O–H groups in total. The summed E-state index contributed by atoms with van der Waals surface area (Å²) in [5.74, 6) is -0.326. The standard InChI is InChI=1S/C15H15NO4/c1-20-12-4-2-9(3-5-12)6-10-7-11-8-13(17)16(11)14(10)15(18)19/h2-5,11H,6-8H2,1H3,(H,18,19)/t11-/m1/s1. The van der Waals surface area contributed by atoms with Crippen LogP contribution in [0.1, 0.15) is 18.4 Å². The number of ether oxygens (including phenoxy) is 1. The molecule has 1 aromatic carbocycles. The Balaban J connectivity index is 1.85. The van der Waals surface area contributed by atoms with Gasteiger partial charge in [-0.05, 0) is 36.1 Å². The number of fused-ring (bicyclic) bond motifs is 1. The Morgan fingerprint density at radius 2 is 2.05 bits per heavy atom. The highest BCUT2D eigenvalue weighted by atomic mass is 16.5. The monoisotopic (exact) mass is 273 g/mol. The second kappa shape index (κ2) is 4.67. The Hall–Kier alpha value is -2.30. The van der Waals surface area contributed by atoms with E-state index in [1.54, 1.807) is 7.11 Å². The first-order valence-electron chi connectivity index (χ1n) is 6.50. The highest BCUT2D eigenvalue weighted by Crippen LogP contribution is 2.39. The average molecular weight is 273 g/mol. The summed E-state index contributed by atoms with van der Waals surface area (Å²) in [5.41, 5.74) is 2.04. The van der Waals surface area contributed by atoms with E-state index in [-0.39, 0.29) is 17.6 Å². The summed E-state index contributed by atoms with van der Waals surface area (Å²) in [4.78, 5) is 24.3. The van der Waals surface area contributed by atoms with Crippen molar-refractivity contribution in [2.45, 2.75) is 25.3 Å². The number of carbonyl (C=O) groups is 2. The molecule has 1 aromatic rings. The Morgan fingerprint density at radius 1 is 1.35 bits per heavy atom. The summed E-state index contributed by atoms with van der Waals surface area (Å²) >= 11 is 0. The molecule has 104 valence electrons. The molecule has 1 atom stereocenters. The molecule has 2 aliphatic heterocycles. The third kappa shape index (κ3) is 1.95. The number of β-lactam (4-membered cyclic amide) rings is 1. The maximum Gasteiger partial charge on any atom is 0.352 e. The molecule has 1 saturated heterocycles. The zero-order chi connectivity index (χ0) is 14.3. The van der Waals surface area contributed by atoms with Gasteiger partial charge in [-0.2, -0.15) is 0 Å². The summed E-state index contributed by atoms with van der Waals surface area (Å²) in [5, 5.41) is 9.31. The Labute approximate surface area is 116 Å². The minimum absolute atomic E-state index is 0.0573. The number of aliphatic carboxylic acids is 1. The number of carboxylic acids is 1. The van der Waals surface area contributed by atoms with Gasteiger partial charge in [-0.1, -0.05) is 12.1 Å². The fourth-order valence-electron chi connectivity index (χ4n) is 2.90. The lowest BCUT2D eigenvalue weighted by molar-refractivity contribution is -0.147. The van der Waals surface area contributed by atoms with E-state index < -0.39 is 5.97 Å². The van der Waals surface area contributed by atoms with Gasteiger partial charge in [0.25, 0.3) is 0 Å². The first kappa shape index (κ1) is 12.7. The van der Waals surface area contributed by atoms with E-state index in [0.717, 1.165) is 16.9 Å². The van der Waals surface area contributed by atoms with Crippen molar-refractivity contribution in [2.75, 3.05) is 7.11 Å². The summed E-state index contributed by atoms with van der Waals surface area (Å²) in [6, 6.07) is 7.60. The van der Waals surface area contributed by atoms with Crippen molar-refractivity contribution < 1.29 is 19.4 Å². The number of nitrogens with zero attached hydrogens (tertiary/aromatic N) is 1. The van der Waals surface area contributed by atoms with E-state index in [1.165, 1.54) is 4.90 Å². The minimum Gasteiger partial charge on any atom is -0.497 e. The van der Waals surface area contributed by atoms with Gasteiger partial charge in [-0.15, -0.1) is 0 Å². The number of hydrogen-bond acceptors (Lipinski definition) is 3. The van der Waals surface area contributed by atoms with Crippen LogP contribution in [0.25, 0.3) is 0 Å². The lowest BCUT2D eigenvalue weighted by Gasteiger charge is -2.35. The first-order valence-corrected chi connectivity index (χ1v) is 6.50. The lowest BCUT2D eigenvalue weighted by Crippen LogP contribution is -2.49. The molecule has 0 aromatic heterocycles. The van der Waals surface area contributed by atoms with Crippen molar-refractivity contribution in [3.05, 3.63) is 41.1 Å². The third-order valence-electron chi connectivity index (χ3n) is 3.88. The molecule has 0 aliphatic carbocycles. The summed E-state index contributed by atoms with van der Waals surface area (Å²) in [6.07, 6.45) is 1.69. The van der Waals surface area contributed by atoms with Crippen molar-refractivity contribution in [2.24, 2.45) is 0 Å². The van der Waals surface area contributed by atoms with Crippen LogP contribution in [0.5, 0.6) is 5.75 Å².